The summed E-state index contributed by atoms with van der Waals surface area (Å²) in [6, 6.07) is 1.92. The van der Waals surface area contributed by atoms with Crippen LogP contribution in [0.15, 0.2) is 10.6 Å². The Balaban J connectivity index is 2.21. The highest BCUT2D eigenvalue weighted by Gasteiger charge is 2.15. The molecule has 1 rings (SSSR count). The van der Waals surface area contributed by atoms with Crippen molar-refractivity contribution >= 4 is 0 Å². The molecule has 0 unspecified atom stereocenters. The summed E-state index contributed by atoms with van der Waals surface area (Å²) in [6.45, 7) is 8.89. The topological polar surface area (TPSA) is 56.5 Å². The van der Waals surface area contributed by atoms with Crippen LogP contribution in [0.25, 0.3) is 0 Å². The fourth-order valence-corrected chi connectivity index (χ4v) is 1.35. The maximum atomic E-state index is 5.54. The van der Waals surface area contributed by atoms with Gasteiger partial charge in [-0.15, -0.1) is 0 Å². The van der Waals surface area contributed by atoms with Gasteiger partial charge in [0.05, 0.1) is 11.3 Å². The van der Waals surface area contributed by atoms with Crippen LogP contribution in [-0.2, 0) is 22.6 Å². The zero-order valence-corrected chi connectivity index (χ0v) is 11.8. The maximum Gasteiger partial charge on any atom is 0.162 e. The van der Waals surface area contributed by atoms with Crippen LogP contribution in [0.3, 0.4) is 0 Å². The monoisotopic (exact) mass is 256 g/mol. The Morgan fingerprint density at radius 2 is 2.22 bits per heavy atom. The summed E-state index contributed by atoms with van der Waals surface area (Å²) in [5, 5.41) is 7.15. The molecule has 1 heterocycles. The molecular weight excluding hydrogens is 232 g/mol. The van der Waals surface area contributed by atoms with Crippen LogP contribution >= 0.6 is 0 Å². The lowest BCUT2D eigenvalue weighted by atomic mass is 10.1. The Labute approximate surface area is 109 Å². The predicted molar refractivity (Wildman–Crippen MR) is 69.2 cm³/mol. The van der Waals surface area contributed by atoms with Crippen molar-refractivity contribution in [2.24, 2.45) is 0 Å². The van der Waals surface area contributed by atoms with Crippen molar-refractivity contribution in [2.75, 3.05) is 20.3 Å². The highest BCUT2D eigenvalue weighted by molar-refractivity contribution is 5.04. The van der Waals surface area contributed by atoms with Gasteiger partial charge in [0.1, 0.15) is 6.61 Å². The Hall–Kier alpha value is -0.910. The third-order valence-electron chi connectivity index (χ3n) is 2.81. The molecule has 1 aromatic rings. The molecule has 1 N–H and O–H groups in total. The van der Waals surface area contributed by atoms with Crippen LogP contribution in [0, 0.1) is 0 Å². The predicted octanol–water partition coefficient (Wildman–Crippen LogP) is 2.12. The van der Waals surface area contributed by atoms with Crippen LogP contribution in [0.5, 0.6) is 0 Å². The van der Waals surface area contributed by atoms with Crippen LogP contribution in [0.1, 0.15) is 38.6 Å². The van der Waals surface area contributed by atoms with E-state index in [0.29, 0.717) is 13.2 Å². The van der Waals surface area contributed by atoms with Crippen molar-refractivity contribution in [3.05, 3.63) is 17.5 Å². The molecule has 5 heteroatoms. The molecule has 0 spiro atoms. The van der Waals surface area contributed by atoms with E-state index in [0.717, 1.165) is 31.0 Å². The zero-order chi connectivity index (χ0) is 13.4. The van der Waals surface area contributed by atoms with E-state index in [9.17, 15) is 0 Å². The number of rotatable bonds is 9. The number of nitrogens with one attached hydrogen (secondary N) is 1. The normalized spacial score (nSPS) is 12.0. The summed E-state index contributed by atoms with van der Waals surface area (Å²) in [4.78, 5) is 0. The minimum atomic E-state index is -0.141. The molecular formula is C13H24N2O3. The second kappa shape index (κ2) is 7.51. The third kappa shape index (κ3) is 5.62. The minimum Gasteiger partial charge on any atom is -0.379 e. The summed E-state index contributed by atoms with van der Waals surface area (Å²) in [5.41, 5.74) is 0.769. The van der Waals surface area contributed by atoms with E-state index in [4.69, 9.17) is 14.0 Å². The zero-order valence-electron chi connectivity index (χ0n) is 11.8. The summed E-state index contributed by atoms with van der Waals surface area (Å²) in [6.07, 6.45) is 0.849. The SMILES string of the molecule is CCNCc1cc(COCCC(C)(C)OC)on1. The highest BCUT2D eigenvalue weighted by Crippen LogP contribution is 2.13. The average molecular weight is 256 g/mol. The highest BCUT2D eigenvalue weighted by atomic mass is 16.5. The summed E-state index contributed by atoms with van der Waals surface area (Å²) >= 11 is 0. The second-order valence-corrected chi connectivity index (χ2v) is 4.83. The van der Waals surface area contributed by atoms with Crippen molar-refractivity contribution in [1.29, 1.82) is 0 Å². The standard InChI is InChI=1S/C13H24N2O3/c1-5-14-9-11-8-12(18-15-11)10-17-7-6-13(2,3)16-4/h8,14H,5-7,9-10H2,1-4H3. The molecule has 1 aromatic heterocycles. The van der Waals surface area contributed by atoms with Gasteiger partial charge in [0.2, 0.25) is 0 Å². The van der Waals surface area contributed by atoms with Gasteiger partial charge < -0.3 is 19.3 Å². The van der Waals surface area contributed by atoms with E-state index in [-0.39, 0.29) is 5.60 Å². The van der Waals surface area contributed by atoms with E-state index in [1.165, 1.54) is 0 Å². The average Bonchev–Trinajstić information content (AvgIpc) is 2.80. The molecule has 0 saturated heterocycles. The van der Waals surface area contributed by atoms with E-state index < -0.39 is 0 Å². The third-order valence-corrected chi connectivity index (χ3v) is 2.81. The molecule has 0 aromatic carbocycles. The molecule has 0 aliphatic heterocycles. The molecule has 0 radical (unpaired) electrons. The van der Waals surface area contributed by atoms with Gasteiger partial charge in [0.25, 0.3) is 0 Å². The van der Waals surface area contributed by atoms with Gasteiger partial charge in [-0.3, -0.25) is 0 Å². The van der Waals surface area contributed by atoms with E-state index in [2.05, 4.69) is 17.4 Å². The number of methoxy groups -OCH3 is 1. The Kier molecular flexibility index (Phi) is 6.32. The van der Waals surface area contributed by atoms with Crippen molar-refractivity contribution in [3.63, 3.8) is 0 Å². The molecule has 5 nitrogen and oxygen atoms in total. The molecule has 104 valence electrons. The second-order valence-electron chi connectivity index (χ2n) is 4.83. The van der Waals surface area contributed by atoms with Crippen LogP contribution in [0.2, 0.25) is 0 Å². The molecule has 0 atom stereocenters. The quantitative estimate of drug-likeness (QED) is 0.686. The Morgan fingerprint density at radius 1 is 1.44 bits per heavy atom. The van der Waals surface area contributed by atoms with Crippen molar-refractivity contribution in [1.82, 2.24) is 10.5 Å². The molecule has 0 bridgehead atoms. The first-order valence-electron chi connectivity index (χ1n) is 6.35. The smallest absolute Gasteiger partial charge is 0.162 e. The van der Waals surface area contributed by atoms with Crippen LogP contribution in [-0.4, -0.2) is 31.0 Å². The lowest BCUT2D eigenvalue weighted by Crippen LogP contribution is -2.24. The molecule has 0 aliphatic rings. The van der Waals surface area contributed by atoms with Gasteiger partial charge in [-0.2, -0.15) is 0 Å². The molecule has 0 fully saturated rings. The van der Waals surface area contributed by atoms with Crippen molar-refractivity contribution < 1.29 is 14.0 Å². The van der Waals surface area contributed by atoms with Gasteiger partial charge in [-0.05, 0) is 26.8 Å². The van der Waals surface area contributed by atoms with Gasteiger partial charge in [0, 0.05) is 26.3 Å². The van der Waals surface area contributed by atoms with Crippen molar-refractivity contribution in [3.8, 4) is 0 Å². The Bertz CT molecular complexity index is 337. The van der Waals surface area contributed by atoms with Crippen LogP contribution < -0.4 is 5.32 Å². The minimum absolute atomic E-state index is 0.141. The molecule has 0 aliphatic carbocycles. The number of nitrogens with zero attached hydrogens (tertiary/aromatic N) is 1. The molecule has 18 heavy (non-hydrogen) atoms. The molecule has 0 saturated carbocycles. The fourth-order valence-electron chi connectivity index (χ4n) is 1.35. The Morgan fingerprint density at radius 3 is 2.89 bits per heavy atom. The fraction of sp³-hybridized carbons (Fsp3) is 0.769. The van der Waals surface area contributed by atoms with E-state index in [1.54, 1.807) is 7.11 Å². The lowest BCUT2D eigenvalue weighted by molar-refractivity contribution is -0.0148. The van der Waals surface area contributed by atoms with Gasteiger partial charge in [-0.25, -0.2) is 0 Å². The first-order chi connectivity index (χ1) is 8.57. The number of ether oxygens (including phenoxy) is 2. The number of hydrogen-bond acceptors (Lipinski definition) is 5. The van der Waals surface area contributed by atoms with Gasteiger partial charge in [0.15, 0.2) is 5.76 Å². The maximum absolute atomic E-state index is 5.54. The van der Waals surface area contributed by atoms with Gasteiger partial charge >= 0.3 is 0 Å². The van der Waals surface area contributed by atoms with Crippen LogP contribution in [0.4, 0.5) is 0 Å². The van der Waals surface area contributed by atoms with E-state index in [1.807, 2.05) is 19.9 Å². The summed E-state index contributed by atoms with van der Waals surface area (Å²) in [5.74, 6) is 0.762. The first kappa shape index (κ1) is 15.1. The summed E-state index contributed by atoms with van der Waals surface area (Å²) in [7, 11) is 1.71. The van der Waals surface area contributed by atoms with Gasteiger partial charge in [-0.1, -0.05) is 12.1 Å². The molecule has 0 amide bonds. The summed E-state index contributed by atoms with van der Waals surface area (Å²) < 4.78 is 16.0. The lowest BCUT2D eigenvalue weighted by Gasteiger charge is -2.22. The largest absolute Gasteiger partial charge is 0.379 e. The number of hydrogen-bond donors (Lipinski definition) is 1. The van der Waals surface area contributed by atoms with Crippen molar-refractivity contribution in [2.45, 2.75) is 45.9 Å². The first-order valence-corrected chi connectivity index (χ1v) is 6.35. The van der Waals surface area contributed by atoms with E-state index >= 15 is 0 Å². The number of aromatic nitrogens is 1.